The van der Waals surface area contributed by atoms with Gasteiger partial charge in [-0.25, -0.2) is 9.67 Å². The molecule has 0 saturated carbocycles. The topological polar surface area (TPSA) is 56.7 Å². The van der Waals surface area contributed by atoms with E-state index in [2.05, 4.69) is 26.0 Å². The highest BCUT2D eigenvalue weighted by Gasteiger charge is 2.08. The highest BCUT2D eigenvalue weighted by molar-refractivity contribution is 9.10. The molecular weight excluding hydrogens is 300 g/mol. The van der Waals surface area contributed by atoms with Crippen molar-refractivity contribution in [2.45, 2.75) is 6.92 Å². The molecule has 86 valence electrons. The first-order chi connectivity index (χ1) is 8.13. The number of anilines is 1. The fourth-order valence-corrected chi connectivity index (χ4v) is 2.87. The number of thiazole rings is 1. The minimum Gasteiger partial charge on any atom is -0.397 e. The van der Waals surface area contributed by atoms with Crippen molar-refractivity contribution in [2.24, 2.45) is 0 Å². The number of nitrogens with zero attached hydrogens (tertiary/aromatic N) is 3. The van der Waals surface area contributed by atoms with Gasteiger partial charge in [-0.05, 0) is 35.0 Å². The number of nitrogens with two attached hydrogens (primary N) is 1. The van der Waals surface area contributed by atoms with E-state index in [0.717, 1.165) is 25.4 Å². The Morgan fingerprint density at radius 2 is 2.24 bits per heavy atom. The van der Waals surface area contributed by atoms with Crippen molar-refractivity contribution in [3.8, 4) is 5.69 Å². The van der Waals surface area contributed by atoms with E-state index < -0.39 is 0 Å². The van der Waals surface area contributed by atoms with Gasteiger partial charge in [0.15, 0.2) is 0 Å². The Balaban J connectivity index is 2.25. The molecule has 17 heavy (non-hydrogen) atoms. The van der Waals surface area contributed by atoms with E-state index in [1.54, 1.807) is 22.2 Å². The zero-order chi connectivity index (χ0) is 12.0. The summed E-state index contributed by atoms with van der Waals surface area (Å²) in [5, 5.41) is 5.27. The number of aromatic nitrogens is 3. The molecule has 3 rings (SSSR count). The van der Waals surface area contributed by atoms with E-state index in [-0.39, 0.29) is 0 Å². The smallest absolute Gasteiger partial charge is 0.0907 e. The Hall–Kier alpha value is -1.40. The molecule has 0 aliphatic heterocycles. The summed E-state index contributed by atoms with van der Waals surface area (Å²) in [6.07, 6.45) is 3.60. The average Bonchev–Trinajstić information content (AvgIpc) is 2.82. The summed E-state index contributed by atoms with van der Waals surface area (Å²) in [6, 6.07) is 3.92. The van der Waals surface area contributed by atoms with Crippen LogP contribution in [0.5, 0.6) is 0 Å². The lowest BCUT2D eigenvalue weighted by molar-refractivity contribution is 0.884. The van der Waals surface area contributed by atoms with Gasteiger partial charge in [0.05, 0.1) is 37.3 Å². The molecule has 0 bridgehead atoms. The van der Waals surface area contributed by atoms with Crippen LogP contribution in [0.3, 0.4) is 0 Å². The van der Waals surface area contributed by atoms with Crippen LogP contribution in [0.15, 0.2) is 29.0 Å². The average molecular weight is 309 g/mol. The minimum atomic E-state index is 0.705. The van der Waals surface area contributed by atoms with Gasteiger partial charge in [-0.2, -0.15) is 5.10 Å². The predicted molar refractivity (Wildman–Crippen MR) is 73.6 cm³/mol. The van der Waals surface area contributed by atoms with E-state index >= 15 is 0 Å². The SMILES string of the molecule is Cc1nc2cc(-n3cc(Br)cn3)c(N)cc2s1. The third kappa shape index (κ3) is 1.83. The van der Waals surface area contributed by atoms with Crippen LogP contribution in [0.2, 0.25) is 0 Å². The van der Waals surface area contributed by atoms with Crippen LogP contribution in [-0.2, 0) is 0 Å². The molecule has 0 aliphatic carbocycles. The number of halogens is 1. The van der Waals surface area contributed by atoms with Crippen molar-refractivity contribution in [1.82, 2.24) is 14.8 Å². The van der Waals surface area contributed by atoms with Gasteiger partial charge in [0.25, 0.3) is 0 Å². The van der Waals surface area contributed by atoms with Gasteiger partial charge in [-0.1, -0.05) is 0 Å². The normalized spacial score (nSPS) is 11.2. The maximum absolute atomic E-state index is 6.04. The quantitative estimate of drug-likeness (QED) is 0.703. The van der Waals surface area contributed by atoms with E-state index in [0.29, 0.717) is 5.69 Å². The van der Waals surface area contributed by atoms with Gasteiger partial charge in [0, 0.05) is 6.20 Å². The number of nitrogen functional groups attached to an aromatic ring is 1. The molecule has 3 aromatic rings. The molecule has 0 spiro atoms. The number of rotatable bonds is 1. The van der Waals surface area contributed by atoms with Gasteiger partial charge in [0.1, 0.15) is 0 Å². The lowest BCUT2D eigenvalue weighted by Gasteiger charge is -2.04. The fourth-order valence-electron chi connectivity index (χ4n) is 1.72. The molecule has 0 aliphatic rings. The Morgan fingerprint density at radius 1 is 1.41 bits per heavy atom. The summed E-state index contributed by atoms with van der Waals surface area (Å²) in [6.45, 7) is 1.99. The summed E-state index contributed by atoms with van der Waals surface area (Å²) in [5.74, 6) is 0. The lowest BCUT2D eigenvalue weighted by atomic mass is 10.2. The highest BCUT2D eigenvalue weighted by atomic mass is 79.9. The molecule has 2 N–H and O–H groups in total. The zero-order valence-electron chi connectivity index (χ0n) is 9.01. The molecule has 1 aromatic carbocycles. The lowest BCUT2D eigenvalue weighted by Crippen LogP contribution is -1.99. The molecule has 6 heteroatoms. The van der Waals surface area contributed by atoms with Gasteiger partial charge < -0.3 is 5.73 Å². The van der Waals surface area contributed by atoms with E-state index in [4.69, 9.17) is 5.73 Å². The second-order valence-corrected chi connectivity index (χ2v) is 5.87. The molecule has 0 saturated heterocycles. The van der Waals surface area contributed by atoms with Crippen LogP contribution in [0, 0.1) is 6.92 Å². The summed E-state index contributed by atoms with van der Waals surface area (Å²) in [7, 11) is 0. The van der Waals surface area contributed by atoms with Gasteiger partial charge in [0.2, 0.25) is 0 Å². The predicted octanol–water partition coefficient (Wildman–Crippen LogP) is 3.14. The Morgan fingerprint density at radius 3 is 2.94 bits per heavy atom. The third-order valence-corrected chi connectivity index (χ3v) is 3.78. The van der Waals surface area contributed by atoms with Crippen LogP contribution in [0.1, 0.15) is 5.01 Å². The summed E-state index contributed by atoms with van der Waals surface area (Å²) >= 11 is 5.02. The van der Waals surface area contributed by atoms with Crippen LogP contribution >= 0.6 is 27.3 Å². The molecule has 0 fully saturated rings. The largest absolute Gasteiger partial charge is 0.397 e. The van der Waals surface area contributed by atoms with Crippen LogP contribution in [0.4, 0.5) is 5.69 Å². The number of fused-ring (bicyclic) bond motifs is 1. The first-order valence-corrected chi connectivity index (χ1v) is 6.61. The van der Waals surface area contributed by atoms with Crippen molar-refractivity contribution >= 4 is 43.2 Å². The number of aryl methyl sites for hydroxylation is 1. The van der Waals surface area contributed by atoms with Crippen molar-refractivity contribution in [3.63, 3.8) is 0 Å². The Bertz CT molecular complexity index is 701. The van der Waals surface area contributed by atoms with Gasteiger partial charge >= 0.3 is 0 Å². The Labute approximate surface area is 110 Å². The van der Waals surface area contributed by atoms with E-state index in [1.807, 2.05) is 25.3 Å². The van der Waals surface area contributed by atoms with Crippen LogP contribution in [0.25, 0.3) is 15.9 Å². The first-order valence-electron chi connectivity index (χ1n) is 5.01. The van der Waals surface area contributed by atoms with E-state index in [9.17, 15) is 0 Å². The molecule has 0 amide bonds. The zero-order valence-corrected chi connectivity index (χ0v) is 11.4. The highest BCUT2D eigenvalue weighted by Crippen LogP contribution is 2.28. The molecule has 0 atom stereocenters. The maximum atomic E-state index is 6.04. The summed E-state index contributed by atoms with van der Waals surface area (Å²) < 4.78 is 3.77. The number of hydrogen-bond donors (Lipinski definition) is 1. The second kappa shape index (κ2) is 3.82. The van der Waals surface area contributed by atoms with Gasteiger partial charge in [-0.3, -0.25) is 0 Å². The fraction of sp³-hybridized carbons (Fsp3) is 0.0909. The molecular formula is C11H9BrN4S. The third-order valence-electron chi connectivity index (χ3n) is 2.44. The van der Waals surface area contributed by atoms with Crippen LogP contribution in [-0.4, -0.2) is 14.8 Å². The van der Waals surface area contributed by atoms with Crippen molar-refractivity contribution in [1.29, 1.82) is 0 Å². The molecule has 4 nitrogen and oxygen atoms in total. The molecule has 0 radical (unpaired) electrons. The Kier molecular flexibility index (Phi) is 2.41. The van der Waals surface area contributed by atoms with Crippen molar-refractivity contribution in [2.75, 3.05) is 5.73 Å². The van der Waals surface area contributed by atoms with Crippen molar-refractivity contribution < 1.29 is 0 Å². The number of benzene rings is 1. The first kappa shape index (κ1) is 10.7. The molecule has 2 aromatic heterocycles. The summed E-state index contributed by atoms with van der Waals surface area (Å²) in [5.41, 5.74) is 8.56. The number of hydrogen-bond acceptors (Lipinski definition) is 4. The van der Waals surface area contributed by atoms with E-state index in [1.165, 1.54) is 0 Å². The van der Waals surface area contributed by atoms with Crippen molar-refractivity contribution in [3.05, 3.63) is 34.0 Å². The molecule has 0 unspecified atom stereocenters. The summed E-state index contributed by atoms with van der Waals surface area (Å²) in [4.78, 5) is 4.46. The van der Waals surface area contributed by atoms with Gasteiger partial charge in [-0.15, -0.1) is 11.3 Å². The van der Waals surface area contributed by atoms with Crippen LogP contribution < -0.4 is 5.73 Å². The minimum absolute atomic E-state index is 0.705. The second-order valence-electron chi connectivity index (χ2n) is 3.71. The monoisotopic (exact) mass is 308 g/mol. The maximum Gasteiger partial charge on any atom is 0.0907 e. The standard InChI is InChI=1S/C11H9BrN4S/c1-6-15-9-3-10(8(13)2-11(9)17-6)16-5-7(12)4-14-16/h2-5H,13H2,1H3. The molecule has 2 heterocycles.